The average Bonchev–Trinajstić information content (AvgIpc) is 2.38. The molecule has 0 bridgehead atoms. The third-order valence-corrected chi connectivity index (χ3v) is 3.14. The van der Waals surface area contributed by atoms with Crippen molar-refractivity contribution in [1.29, 1.82) is 0 Å². The van der Waals surface area contributed by atoms with Crippen LogP contribution in [0, 0.1) is 11.6 Å². The summed E-state index contributed by atoms with van der Waals surface area (Å²) >= 11 is 0. The van der Waals surface area contributed by atoms with E-state index in [1.54, 1.807) is 7.05 Å². The molecule has 2 nitrogen and oxygen atoms in total. The number of rotatable bonds is 9. The largest absolute Gasteiger partial charge is 0.313 e. The van der Waals surface area contributed by atoms with Gasteiger partial charge in [0.2, 0.25) is 0 Å². The highest BCUT2D eigenvalue weighted by Gasteiger charge is 2.13. The second-order valence-corrected chi connectivity index (χ2v) is 4.67. The lowest BCUT2D eigenvalue weighted by Gasteiger charge is -2.23. The summed E-state index contributed by atoms with van der Waals surface area (Å²) in [5.41, 5.74) is 0.627. The molecule has 0 saturated carbocycles. The summed E-state index contributed by atoms with van der Waals surface area (Å²) in [6, 6.07) is 3.54. The van der Waals surface area contributed by atoms with E-state index >= 15 is 0 Å². The third kappa shape index (κ3) is 5.23. The van der Waals surface area contributed by atoms with Crippen LogP contribution in [0.4, 0.5) is 8.78 Å². The maximum atomic E-state index is 13.3. The van der Waals surface area contributed by atoms with Crippen LogP contribution in [0.25, 0.3) is 0 Å². The topological polar surface area (TPSA) is 15.3 Å². The summed E-state index contributed by atoms with van der Waals surface area (Å²) in [6.45, 7) is 9.76. The summed E-state index contributed by atoms with van der Waals surface area (Å²) < 4.78 is 26.5. The van der Waals surface area contributed by atoms with Gasteiger partial charge in [-0.3, -0.25) is 4.90 Å². The Bertz CT molecular complexity index is 416. The Morgan fingerprint density at radius 2 is 1.70 bits per heavy atom. The van der Waals surface area contributed by atoms with Gasteiger partial charge >= 0.3 is 0 Å². The molecule has 0 aliphatic carbocycles. The van der Waals surface area contributed by atoms with Crippen LogP contribution in [-0.2, 0) is 0 Å². The minimum Gasteiger partial charge on any atom is -0.313 e. The van der Waals surface area contributed by atoms with Crippen molar-refractivity contribution in [2.75, 3.05) is 26.7 Å². The Hall–Kier alpha value is -1.52. The molecular formula is C16H22F2N2. The minimum atomic E-state index is -0.547. The van der Waals surface area contributed by atoms with Gasteiger partial charge in [-0.05, 0) is 31.2 Å². The second-order valence-electron chi connectivity index (χ2n) is 4.67. The molecule has 0 heterocycles. The smallest absolute Gasteiger partial charge is 0.126 e. The summed E-state index contributed by atoms with van der Waals surface area (Å²) in [5.74, 6) is -1.09. The van der Waals surface area contributed by atoms with Gasteiger partial charge in [-0.1, -0.05) is 12.2 Å². The molecule has 0 aliphatic heterocycles. The maximum absolute atomic E-state index is 13.3. The highest BCUT2D eigenvalue weighted by molar-refractivity contribution is 5.21. The van der Waals surface area contributed by atoms with Gasteiger partial charge in [-0.15, -0.1) is 13.2 Å². The molecule has 0 fully saturated rings. The van der Waals surface area contributed by atoms with Crippen LogP contribution in [0.15, 0.2) is 43.5 Å². The highest BCUT2D eigenvalue weighted by Crippen LogP contribution is 2.19. The van der Waals surface area contributed by atoms with Crippen molar-refractivity contribution in [1.82, 2.24) is 10.2 Å². The summed E-state index contributed by atoms with van der Waals surface area (Å²) in [4.78, 5) is 2.17. The van der Waals surface area contributed by atoms with Gasteiger partial charge in [0.1, 0.15) is 11.6 Å². The Balaban J connectivity index is 2.70. The molecule has 110 valence electrons. The predicted octanol–water partition coefficient (Wildman–Crippen LogP) is 3.29. The van der Waals surface area contributed by atoms with Crippen LogP contribution in [0.2, 0.25) is 0 Å². The Labute approximate surface area is 119 Å². The lowest BCUT2D eigenvalue weighted by atomic mass is 10.0. The SMILES string of the molecule is C=CCN(CC=C)CCC(NC)c1cc(F)cc(F)c1. The van der Waals surface area contributed by atoms with Crippen LogP contribution >= 0.6 is 0 Å². The molecule has 1 atom stereocenters. The lowest BCUT2D eigenvalue weighted by molar-refractivity contribution is 0.310. The van der Waals surface area contributed by atoms with Crippen LogP contribution in [-0.4, -0.2) is 31.6 Å². The minimum absolute atomic E-state index is 0.0858. The van der Waals surface area contributed by atoms with Gasteiger partial charge in [0.05, 0.1) is 0 Å². The quantitative estimate of drug-likeness (QED) is 0.698. The van der Waals surface area contributed by atoms with Crippen molar-refractivity contribution in [3.8, 4) is 0 Å². The first-order chi connectivity index (χ1) is 9.60. The standard InChI is InChI=1S/C16H22F2N2/c1-4-7-20(8-5-2)9-6-16(19-3)13-10-14(17)12-15(18)11-13/h4-5,10-12,16,19H,1-2,6-9H2,3H3. The monoisotopic (exact) mass is 280 g/mol. The van der Waals surface area contributed by atoms with E-state index in [-0.39, 0.29) is 6.04 Å². The molecule has 0 saturated heterocycles. The van der Waals surface area contributed by atoms with Crippen LogP contribution < -0.4 is 5.32 Å². The second kappa shape index (κ2) is 8.61. The van der Waals surface area contributed by atoms with Crippen molar-refractivity contribution in [3.63, 3.8) is 0 Å². The summed E-state index contributed by atoms with van der Waals surface area (Å²) in [7, 11) is 1.79. The normalized spacial score (nSPS) is 12.4. The van der Waals surface area contributed by atoms with Gasteiger partial charge < -0.3 is 5.32 Å². The fourth-order valence-corrected chi connectivity index (χ4v) is 2.19. The van der Waals surface area contributed by atoms with E-state index in [0.29, 0.717) is 5.56 Å². The van der Waals surface area contributed by atoms with E-state index in [2.05, 4.69) is 23.4 Å². The molecule has 1 rings (SSSR count). The summed E-state index contributed by atoms with van der Waals surface area (Å²) in [6.07, 6.45) is 4.42. The zero-order valence-electron chi connectivity index (χ0n) is 11.9. The Morgan fingerprint density at radius 1 is 1.15 bits per heavy atom. The molecule has 20 heavy (non-hydrogen) atoms. The number of nitrogens with one attached hydrogen (secondary N) is 1. The van der Waals surface area contributed by atoms with E-state index in [9.17, 15) is 8.78 Å². The number of halogens is 2. The van der Waals surface area contributed by atoms with E-state index in [1.165, 1.54) is 12.1 Å². The Kier molecular flexibility index (Phi) is 7.12. The van der Waals surface area contributed by atoms with Crippen LogP contribution in [0.3, 0.4) is 0 Å². The van der Waals surface area contributed by atoms with E-state index in [4.69, 9.17) is 0 Å². The maximum Gasteiger partial charge on any atom is 0.126 e. The molecule has 0 aliphatic rings. The molecule has 0 spiro atoms. The molecule has 1 aromatic carbocycles. The van der Waals surface area contributed by atoms with E-state index in [1.807, 2.05) is 12.2 Å². The van der Waals surface area contributed by atoms with E-state index in [0.717, 1.165) is 32.1 Å². The average molecular weight is 280 g/mol. The number of hydrogen-bond acceptors (Lipinski definition) is 2. The van der Waals surface area contributed by atoms with Crippen LogP contribution in [0.5, 0.6) is 0 Å². The number of nitrogens with zero attached hydrogens (tertiary/aromatic N) is 1. The molecule has 0 radical (unpaired) electrons. The highest BCUT2D eigenvalue weighted by atomic mass is 19.1. The van der Waals surface area contributed by atoms with Crippen molar-refractivity contribution >= 4 is 0 Å². The molecule has 1 aromatic rings. The predicted molar refractivity (Wildman–Crippen MR) is 79.6 cm³/mol. The van der Waals surface area contributed by atoms with Crippen molar-refractivity contribution in [2.45, 2.75) is 12.5 Å². The van der Waals surface area contributed by atoms with Gasteiger partial charge in [0, 0.05) is 31.7 Å². The molecule has 1 unspecified atom stereocenters. The first kappa shape index (κ1) is 16.5. The van der Waals surface area contributed by atoms with Crippen molar-refractivity contribution in [3.05, 3.63) is 60.7 Å². The third-order valence-electron chi connectivity index (χ3n) is 3.14. The zero-order chi connectivity index (χ0) is 15.0. The van der Waals surface area contributed by atoms with E-state index < -0.39 is 11.6 Å². The van der Waals surface area contributed by atoms with Gasteiger partial charge in [-0.2, -0.15) is 0 Å². The van der Waals surface area contributed by atoms with Crippen molar-refractivity contribution in [2.24, 2.45) is 0 Å². The first-order valence-electron chi connectivity index (χ1n) is 6.68. The first-order valence-corrected chi connectivity index (χ1v) is 6.68. The fourth-order valence-electron chi connectivity index (χ4n) is 2.19. The van der Waals surface area contributed by atoms with Gasteiger partial charge in [0.25, 0.3) is 0 Å². The van der Waals surface area contributed by atoms with Crippen LogP contribution in [0.1, 0.15) is 18.0 Å². The number of hydrogen-bond donors (Lipinski definition) is 1. The lowest BCUT2D eigenvalue weighted by Crippen LogP contribution is -2.29. The molecule has 0 amide bonds. The zero-order valence-corrected chi connectivity index (χ0v) is 11.9. The van der Waals surface area contributed by atoms with Crippen molar-refractivity contribution < 1.29 is 8.78 Å². The van der Waals surface area contributed by atoms with Gasteiger partial charge in [0.15, 0.2) is 0 Å². The number of benzene rings is 1. The van der Waals surface area contributed by atoms with Gasteiger partial charge in [-0.25, -0.2) is 8.78 Å². The molecular weight excluding hydrogens is 258 g/mol. The Morgan fingerprint density at radius 3 is 2.15 bits per heavy atom. The molecule has 0 aromatic heterocycles. The summed E-state index contributed by atoms with van der Waals surface area (Å²) in [5, 5.41) is 3.10. The fraction of sp³-hybridized carbons (Fsp3) is 0.375. The molecule has 4 heteroatoms. The molecule has 1 N–H and O–H groups in total.